The Morgan fingerprint density at radius 1 is 1.36 bits per heavy atom. The van der Waals surface area contributed by atoms with Crippen LogP contribution in [-0.4, -0.2) is 25.9 Å². The number of rotatable bonds is 7. The summed E-state index contributed by atoms with van der Waals surface area (Å²) < 4.78 is 27.3. The maximum atomic E-state index is 12.4. The third-order valence-corrected chi connectivity index (χ3v) is 4.70. The molecule has 1 rings (SSSR count). The van der Waals surface area contributed by atoms with E-state index in [9.17, 15) is 18.5 Å². The van der Waals surface area contributed by atoms with E-state index in [4.69, 9.17) is 5.73 Å². The summed E-state index contributed by atoms with van der Waals surface area (Å²) in [6, 6.07) is 3.38. The maximum absolute atomic E-state index is 12.4. The third-order valence-electron chi connectivity index (χ3n) is 3.03. The topological polar surface area (TPSA) is 115 Å². The minimum Gasteiger partial charge on any atom is -0.329 e. The van der Waals surface area contributed by atoms with Gasteiger partial charge >= 0.3 is 0 Å². The van der Waals surface area contributed by atoms with Crippen LogP contribution in [0.2, 0.25) is 0 Å². The van der Waals surface area contributed by atoms with Crippen molar-refractivity contribution in [1.82, 2.24) is 4.72 Å². The molecule has 126 valence electrons. The van der Waals surface area contributed by atoms with Gasteiger partial charge < -0.3 is 5.73 Å². The van der Waals surface area contributed by atoms with E-state index in [-0.39, 0.29) is 35.5 Å². The van der Waals surface area contributed by atoms with Gasteiger partial charge in [0.1, 0.15) is 0 Å². The van der Waals surface area contributed by atoms with Crippen molar-refractivity contribution in [2.75, 3.05) is 6.54 Å². The molecular weight excluding hydrogens is 330 g/mol. The number of non-ortho nitro benzene ring substituents is 1. The Balaban J connectivity index is 0.00000441. The second-order valence-corrected chi connectivity index (χ2v) is 7.07. The summed E-state index contributed by atoms with van der Waals surface area (Å²) in [4.78, 5) is 10.1. The summed E-state index contributed by atoms with van der Waals surface area (Å²) in [5, 5.41) is 10.8. The fourth-order valence-corrected chi connectivity index (χ4v) is 3.56. The van der Waals surface area contributed by atoms with E-state index in [2.05, 4.69) is 4.72 Å². The van der Waals surface area contributed by atoms with Gasteiger partial charge in [-0.2, -0.15) is 0 Å². The van der Waals surface area contributed by atoms with Crippen molar-refractivity contribution in [3.8, 4) is 0 Å². The largest absolute Gasteiger partial charge is 0.329 e. The number of aryl methyl sites for hydroxylation is 1. The molecule has 7 nitrogen and oxygen atoms in total. The molecule has 1 unspecified atom stereocenters. The molecule has 3 N–H and O–H groups in total. The molecule has 1 aromatic rings. The second-order valence-electron chi connectivity index (χ2n) is 5.39. The number of nitrogens with two attached hydrogens (primary N) is 1. The number of nitro benzene ring substituents is 1. The van der Waals surface area contributed by atoms with E-state index < -0.39 is 21.0 Å². The summed E-state index contributed by atoms with van der Waals surface area (Å²) in [6.45, 7) is 5.70. The lowest BCUT2D eigenvalue weighted by Gasteiger charge is -2.19. The van der Waals surface area contributed by atoms with Crippen molar-refractivity contribution in [3.63, 3.8) is 0 Å². The van der Waals surface area contributed by atoms with Crippen molar-refractivity contribution >= 4 is 28.1 Å². The molecule has 0 amide bonds. The Morgan fingerprint density at radius 3 is 2.41 bits per heavy atom. The highest BCUT2D eigenvalue weighted by Gasteiger charge is 2.23. The molecule has 1 aromatic carbocycles. The van der Waals surface area contributed by atoms with Gasteiger partial charge in [-0.25, -0.2) is 13.1 Å². The van der Waals surface area contributed by atoms with Gasteiger partial charge in [-0.15, -0.1) is 12.4 Å². The molecule has 0 aliphatic rings. The quantitative estimate of drug-likeness (QED) is 0.575. The van der Waals surface area contributed by atoms with E-state index >= 15 is 0 Å². The molecule has 0 aliphatic heterocycles. The fraction of sp³-hybridized carbons (Fsp3) is 0.538. The van der Waals surface area contributed by atoms with Gasteiger partial charge in [-0.3, -0.25) is 10.1 Å². The highest BCUT2D eigenvalue weighted by Crippen LogP contribution is 2.22. The zero-order valence-corrected chi connectivity index (χ0v) is 14.4. The van der Waals surface area contributed by atoms with E-state index in [1.54, 1.807) is 6.92 Å². The summed E-state index contributed by atoms with van der Waals surface area (Å²) in [6.07, 6.45) is 0.601. The summed E-state index contributed by atoms with van der Waals surface area (Å²) in [5.41, 5.74) is 5.78. The maximum Gasteiger partial charge on any atom is 0.270 e. The monoisotopic (exact) mass is 351 g/mol. The molecule has 0 aromatic heterocycles. The molecular formula is C13H22ClN3O4S. The van der Waals surface area contributed by atoms with Gasteiger partial charge in [0.05, 0.1) is 9.82 Å². The van der Waals surface area contributed by atoms with Gasteiger partial charge in [0.2, 0.25) is 10.0 Å². The number of nitro groups is 1. The van der Waals surface area contributed by atoms with Gasteiger partial charge in [0.25, 0.3) is 5.69 Å². The molecule has 0 fully saturated rings. The first kappa shape index (κ1) is 20.8. The standard InChI is InChI=1S/C13H21N3O4S.ClH/c1-9(2)6-11(8-14)15-21(19,20)13-7-12(16(17)18)5-4-10(13)3;/h4-5,7,9,11,15H,6,8,14H2,1-3H3;1H. The van der Waals surface area contributed by atoms with Crippen LogP contribution in [0, 0.1) is 23.0 Å². The predicted molar refractivity (Wildman–Crippen MR) is 87.7 cm³/mol. The molecule has 0 heterocycles. The predicted octanol–water partition coefficient (Wildman–Crippen LogP) is 1.98. The molecule has 0 aliphatic carbocycles. The SMILES string of the molecule is Cc1ccc([N+](=O)[O-])cc1S(=O)(=O)NC(CN)CC(C)C.Cl. The average molecular weight is 352 g/mol. The molecule has 22 heavy (non-hydrogen) atoms. The van der Waals surface area contributed by atoms with Gasteiger partial charge in [-0.05, 0) is 24.8 Å². The van der Waals surface area contributed by atoms with Crippen LogP contribution < -0.4 is 10.5 Å². The lowest BCUT2D eigenvalue weighted by molar-refractivity contribution is -0.385. The molecule has 1 atom stereocenters. The summed E-state index contributed by atoms with van der Waals surface area (Å²) in [5.74, 6) is 0.285. The number of hydrogen-bond acceptors (Lipinski definition) is 5. The Labute approximate surface area is 136 Å². The van der Waals surface area contributed by atoms with Gasteiger partial charge in [0.15, 0.2) is 0 Å². The first-order valence-electron chi connectivity index (χ1n) is 6.64. The second kappa shape index (κ2) is 8.42. The van der Waals surface area contributed by atoms with E-state index in [1.165, 1.54) is 12.1 Å². The number of benzene rings is 1. The van der Waals surface area contributed by atoms with Crippen molar-refractivity contribution in [2.45, 2.75) is 38.1 Å². The van der Waals surface area contributed by atoms with E-state index in [0.29, 0.717) is 12.0 Å². The van der Waals surface area contributed by atoms with Gasteiger partial charge in [-0.1, -0.05) is 19.9 Å². The molecule has 0 bridgehead atoms. The number of nitrogens with zero attached hydrogens (tertiary/aromatic N) is 1. The number of hydrogen-bond donors (Lipinski definition) is 2. The smallest absolute Gasteiger partial charge is 0.270 e. The lowest BCUT2D eigenvalue weighted by atomic mass is 10.1. The number of nitrogens with one attached hydrogen (secondary N) is 1. The first-order chi connectivity index (χ1) is 9.67. The van der Waals surface area contributed by atoms with Crippen molar-refractivity contribution in [1.29, 1.82) is 0 Å². The van der Waals surface area contributed by atoms with Gasteiger partial charge in [0, 0.05) is 24.7 Å². The summed E-state index contributed by atoms with van der Waals surface area (Å²) >= 11 is 0. The number of sulfonamides is 1. The third kappa shape index (κ3) is 5.53. The van der Waals surface area contributed by atoms with E-state index in [0.717, 1.165) is 6.07 Å². The first-order valence-corrected chi connectivity index (χ1v) is 8.13. The van der Waals surface area contributed by atoms with Crippen LogP contribution in [0.15, 0.2) is 23.1 Å². The van der Waals surface area contributed by atoms with Crippen LogP contribution in [0.4, 0.5) is 5.69 Å². The Bertz CT molecular complexity index is 620. The fourth-order valence-electron chi connectivity index (χ4n) is 2.04. The van der Waals surface area contributed by atoms with Crippen LogP contribution in [0.25, 0.3) is 0 Å². The summed E-state index contributed by atoms with van der Waals surface area (Å²) in [7, 11) is -3.84. The lowest BCUT2D eigenvalue weighted by Crippen LogP contribution is -2.41. The average Bonchev–Trinajstić information content (AvgIpc) is 2.36. The van der Waals surface area contributed by atoms with Crippen LogP contribution in [0.1, 0.15) is 25.8 Å². The van der Waals surface area contributed by atoms with Crippen molar-refractivity contribution < 1.29 is 13.3 Å². The van der Waals surface area contributed by atoms with Crippen molar-refractivity contribution in [3.05, 3.63) is 33.9 Å². The minimum atomic E-state index is -3.84. The number of halogens is 1. The molecule has 0 saturated heterocycles. The highest BCUT2D eigenvalue weighted by molar-refractivity contribution is 7.89. The van der Waals surface area contributed by atoms with Crippen LogP contribution in [0.5, 0.6) is 0 Å². The zero-order valence-electron chi connectivity index (χ0n) is 12.8. The van der Waals surface area contributed by atoms with Crippen molar-refractivity contribution in [2.24, 2.45) is 11.7 Å². The Hall–Kier alpha value is -1.22. The Morgan fingerprint density at radius 2 is 1.95 bits per heavy atom. The van der Waals surface area contributed by atoms with Crippen LogP contribution >= 0.6 is 12.4 Å². The molecule has 0 saturated carbocycles. The normalized spacial score (nSPS) is 12.8. The zero-order chi connectivity index (χ0) is 16.2. The molecule has 0 radical (unpaired) electrons. The van der Waals surface area contributed by atoms with Crippen LogP contribution in [0.3, 0.4) is 0 Å². The minimum absolute atomic E-state index is 0. The van der Waals surface area contributed by atoms with E-state index in [1.807, 2.05) is 13.8 Å². The highest BCUT2D eigenvalue weighted by atomic mass is 35.5. The van der Waals surface area contributed by atoms with Crippen LogP contribution in [-0.2, 0) is 10.0 Å². The molecule has 0 spiro atoms. The Kier molecular flexibility index (Phi) is 7.96. The molecule has 9 heteroatoms.